The van der Waals surface area contributed by atoms with Crippen molar-refractivity contribution in [3.63, 3.8) is 0 Å². The van der Waals surface area contributed by atoms with E-state index >= 15 is 0 Å². The van der Waals surface area contributed by atoms with Crippen molar-refractivity contribution in [3.8, 4) is 0 Å². The van der Waals surface area contributed by atoms with Crippen LogP contribution < -0.4 is 0 Å². The van der Waals surface area contributed by atoms with Crippen LogP contribution in [0.25, 0.3) is 10.9 Å². The molecule has 0 fully saturated rings. The molecule has 3 nitrogen and oxygen atoms in total. The maximum atomic E-state index is 11.1. The minimum atomic E-state index is -0.779. The number of carbonyl (C=O) groups is 1. The van der Waals surface area contributed by atoms with Crippen LogP contribution in [-0.4, -0.2) is 16.1 Å². The maximum Gasteiger partial charge on any atom is 0.309 e. The van der Waals surface area contributed by atoms with Crippen LogP contribution in [0, 0.1) is 5.41 Å². The molecule has 1 aromatic heterocycles. The molecule has 1 aromatic carbocycles. The topological polar surface area (TPSA) is 50.2 Å². The van der Waals surface area contributed by atoms with Gasteiger partial charge in [0, 0.05) is 11.6 Å². The van der Waals surface area contributed by atoms with Crippen LogP contribution in [0.5, 0.6) is 0 Å². The average molecular weight is 229 g/mol. The number of benzene rings is 1. The first-order chi connectivity index (χ1) is 8.00. The molecule has 0 aliphatic carbocycles. The summed E-state index contributed by atoms with van der Waals surface area (Å²) in [5, 5.41) is 10.2. The Hall–Kier alpha value is -1.90. The first-order valence-electron chi connectivity index (χ1n) is 5.57. The summed E-state index contributed by atoms with van der Waals surface area (Å²) in [6.07, 6.45) is 2.24. The Bertz CT molecular complexity index is 556. The molecule has 0 spiro atoms. The fourth-order valence-electron chi connectivity index (χ4n) is 1.86. The summed E-state index contributed by atoms with van der Waals surface area (Å²) < 4.78 is 0. The third-order valence-electron chi connectivity index (χ3n) is 2.95. The van der Waals surface area contributed by atoms with Gasteiger partial charge in [-0.25, -0.2) is 0 Å². The quantitative estimate of drug-likeness (QED) is 0.880. The summed E-state index contributed by atoms with van der Waals surface area (Å²) in [6.45, 7) is 3.48. The van der Waals surface area contributed by atoms with Crippen molar-refractivity contribution in [2.45, 2.75) is 20.3 Å². The van der Waals surface area contributed by atoms with Gasteiger partial charge < -0.3 is 5.11 Å². The minimum Gasteiger partial charge on any atom is -0.481 e. The summed E-state index contributed by atoms with van der Waals surface area (Å²) in [6, 6.07) is 9.69. The van der Waals surface area contributed by atoms with Gasteiger partial charge in [-0.15, -0.1) is 0 Å². The largest absolute Gasteiger partial charge is 0.481 e. The van der Waals surface area contributed by atoms with Gasteiger partial charge in [-0.05, 0) is 38.0 Å². The average Bonchev–Trinajstić information content (AvgIpc) is 2.29. The van der Waals surface area contributed by atoms with E-state index < -0.39 is 11.4 Å². The highest BCUT2D eigenvalue weighted by atomic mass is 16.4. The number of carboxylic acids is 1. The molecule has 1 N–H and O–H groups in total. The van der Waals surface area contributed by atoms with Crippen LogP contribution in [0.2, 0.25) is 0 Å². The minimum absolute atomic E-state index is 0.505. The number of hydrogen-bond acceptors (Lipinski definition) is 2. The van der Waals surface area contributed by atoms with Gasteiger partial charge in [-0.2, -0.15) is 0 Å². The van der Waals surface area contributed by atoms with Crippen molar-refractivity contribution >= 4 is 16.9 Å². The van der Waals surface area contributed by atoms with Gasteiger partial charge in [0.05, 0.1) is 10.9 Å². The molecule has 2 rings (SSSR count). The third kappa shape index (κ3) is 2.28. The smallest absolute Gasteiger partial charge is 0.309 e. The predicted octanol–water partition coefficient (Wildman–Crippen LogP) is 2.89. The summed E-state index contributed by atoms with van der Waals surface area (Å²) in [5.74, 6) is -0.779. The van der Waals surface area contributed by atoms with Gasteiger partial charge in [-0.3, -0.25) is 9.78 Å². The first kappa shape index (κ1) is 11.6. The summed E-state index contributed by atoms with van der Waals surface area (Å²) in [4.78, 5) is 15.4. The summed E-state index contributed by atoms with van der Waals surface area (Å²) in [5.41, 5.74) is 1.18. The van der Waals surface area contributed by atoms with Crippen molar-refractivity contribution in [1.29, 1.82) is 0 Å². The Morgan fingerprint density at radius 1 is 1.29 bits per heavy atom. The Morgan fingerprint density at radius 3 is 2.71 bits per heavy atom. The number of hydrogen-bond donors (Lipinski definition) is 1. The SMILES string of the molecule is CC(C)(Cc1ccnc2ccccc12)C(=O)O. The standard InChI is InChI=1S/C14H15NO2/c1-14(2,13(16)17)9-10-7-8-15-12-6-4-3-5-11(10)12/h3-8H,9H2,1-2H3,(H,16,17). The van der Waals surface area contributed by atoms with E-state index in [-0.39, 0.29) is 0 Å². The lowest BCUT2D eigenvalue weighted by Crippen LogP contribution is -2.26. The van der Waals surface area contributed by atoms with Crippen LogP contribution in [-0.2, 0) is 11.2 Å². The molecule has 88 valence electrons. The molecule has 0 saturated carbocycles. The van der Waals surface area contributed by atoms with E-state index in [1.807, 2.05) is 30.3 Å². The Morgan fingerprint density at radius 2 is 2.00 bits per heavy atom. The zero-order valence-electron chi connectivity index (χ0n) is 9.97. The molecule has 2 aromatic rings. The number of rotatable bonds is 3. The number of nitrogens with zero attached hydrogens (tertiary/aromatic N) is 1. The highest BCUT2D eigenvalue weighted by Gasteiger charge is 2.27. The number of fused-ring (bicyclic) bond motifs is 1. The number of aliphatic carboxylic acids is 1. The number of aromatic nitrogens is 1. The third-order valence-corrected chi connectivity index (χ3v) is 2.95. The molecule has 1 heterocycles. The summed E-state index contributed by atoms with van der Waals surface area (Å²) >= 11 is 0. The van der Waals surface area contributed by atoms with E-state index in [9.17, 15) is 4.79 Å². The van der Waals surface area contributed by atoms with Gasteiger partial charge in [-0.1, -0.05) is 18.2 Å². The fraction of sp³-hybridized carbons (Fsp3) is 0.286. The van der Waals surface area contributed by atoms with Gasteiger partial charge in [0.25, 0.3) is 0 Å². The summed E-state index contributed by atoms with van der Waals surface area (Å²) in [7, 11) is 0. The molecule has 0 aliphatic rings. The molecule has 3 heteroatoms. The van der Waals surface area contributed by atoms with E-state index in [4.69, 9.17) is 5.11 Å². The fourth-order valence-corrected chi connectivity index (χ4v) is 1.86. The highest BCUT2D eigenvalue weighted by molar-refractivity contribution is 5.83. The molecule has 0 bridgehead atoms. The van der Waals surface area contributed by atoms with Crippen molar-refractivity contribution in [2.24, 2.45) is 5.41 Å². The van der Waals surface area contributed by atoms with E-state index in [0.29, 0.717) is 6.42 Å². The number of para-hydroxylation sites is 1. The van der Waals surface area contributed by atoms with Crippen molar-refractivity contribution in [3.05, 3.63) is 42.1 Å². The van der Waals surface area contributed by atoms with Crippen LogP contribution in [0.1, 0.15) is 19.4 Å². The molecule has 0 amide bonds. The van der Waals surface area contributed by atoms with Crippen molar-refractivity contribution in [1.82, 2.24) is 4.98 Å². The lowest BCUT2D eigenvalue weighted by Gasteiger charge is -2.19. The van der Waals surface area contributed by atoms with Gasteiger partial charge in [0.1, 0.15) is 0 Å². The van der Waals surface area contributed by atoms with Crippen LogP contribution in [0.15, 0.2) is 36.5 Å². The van der Waals surface area contributed by atoms with E-state index in [1.165, 1.54) is 0 Å². The molecule has 0 atom stereocenters. The molecule has 17 heavy (non-hydrogen) atoms. The Labute approximate surface area is 100 Å². The maximum absolute atomic E-state index is 11.1. The molecule has 0 saturated heterocycles. The Balaban J connectivity index is 2.46. The molecule has 0 radical (unpaired) electrons. The van der Waals surface area contributed by atoms with Gasteiger partial charge >= 0.3 is 5.97 Å². The second-order valence-electron chi connectivity index (χ2n) is 4.85. The lowest BCUT2D eigenvalue weighted by molar-refractivity contribution is -0.146. The second-order valence-corrected chi connectivity index (χ2v) is 4.85. The number of pyridine rings is 1. The molecular formula is C14H15NO2. The van der Waals surface area contributed by atoms with Crippen LogP contribution >= 0.6 is 0 Å². The Kier molecular flexibility index (Phi) is 2.84. The molecule has 0 unspecified atom stereocenters. The van der Waals surface area contributed by atoms with E-state index in [0.717, 1.165) is 16.5 Å². The second kappa shape index (κ2) is 4.17. The van der Waals surface area contributed by atoms with Crippen LogP contribution in [0.4, 0.5) is 0 Å². The normalized spacial score (nSPS) is 11.6. The number of carboxylic acid groups (broad SMARTS) is 1. The first-order valence-corrected chi connectivity index (χ1v) is 5.57. The predicted molar refractivity (Wildman–Crippen MR) is 66.9 cm³/mol. The molecular weight excluding hydrogens is 214 g/mol. The van der Waals surface area contributed by atoms with Crippen molar-refractivity contribution < 1.29 is 9.90 Å². The highest BCUT2D eigenvalue weighted by Crippen LogP contribution is 2.26. The van der Waals surface area contributed by atoms with Crippen LogP contribution in [0.3, 0.4) is 0 Å². The van der Waals surface area contributed by atoms with Gasteiger partial charge in [0.15, 0.2) is 0 Å². The zero-order chi connectivity index (χ0) is 12.5. The zero-order valence-corrected chi connectivity index (χ0v) is 9.97. The van der Waals surface area contributed by atoms with E-state index in [2.05, 4.69) is 4.98 Å². The lowest BCUT2D eigenvalue weighted by atomic mass is 9.85. The van der Waals surface area contributed by atoms with Crippen molar-refractivity contribution in [2.75, 3.05) is 0 Å². The van der Waals surface area contributed by atoms with Gasteiger partial charge in [0.2, 0.25) is 0 Å². The van der Waals surface area contributed by atoms with E-state index in [1.54, 1.807) is 20.0 Å². The molecule has 0 aliphatic heterocycles. The monoisotopic (exact) mass is 229 g/mol.